The van der Waals surface area contributed by atoms with Gasteiger partial charge in [0.1, 0.15) is 0 Å². The molecule has 0 bridgehead atoms. The number of amides is 2. The van der Waals surface area contributed by atoms with Crippen LogP contribution >= 0.6 is 15.9 Å². The maximum atomic E-state index is 12.4. The summed E-state index contributed by atoms with van der Waals surface area (Å²) >= 11 is 3.39. The van der Waals surface area contributed by atoms with E-state index < -0.39 is 0 Å². The van der Waals surface area contributed by atoms with Gasteiger partial charge in [-0.25, -0.2) is 4.68 Å². The molecule has 132 valence electrons. The maximum Gasteiger partial charge on any atom is 0.255 e. The lowest BCUT2D eigenvalue weighted by Gasteiger charge is -2.07. The van der Waals surface area contributed by atoms with Gasteiger partial charge in [-0.1, -0.05) is 15.9 Å². The number of rotatable bonds is 5. The SMILES string of the molecule is Cc1c(C(=O)NCC(=O)Nc2cccnc2)cnn1-c1ccc(Br)cc1. The fourth-order valence-corrected chi connectivity index (χ4v) is 2.64. The van der Waals surface area contributed by atoms with E-state index in [0.29, 0.717) is 16.9 Å². The molecule has 3 rings (SSSR count). The second-order valence-corrected chi connectivity index (χ2v) is 6.42. The first kappa shape index (κ1) is 17.8. The summed E-state index contributed by atoms with van der Waals surface area (Å²) in [7, 11) is 0. The Morgan fingerprint density at radius 2 is 1.92 bits per heavy atom. The highest BCUT2D eigenvalue weighted by Crippen LogP contribution is 2.17. The van der Waals surface area contributed by atoms with Crippen molar-refractivity contribution in [3.05, 3.63) is 70.7 Å². The summed E-state index contributed by atoms with van der Waals surface area (Å²) in [6.07, 6.45) is 4.64. The summed E-state index contributed by atoms with van der Waals surface area (Å²) in [5.74, 6) is -0.684. The minimum atomic E-state index is -0.354. The van der Waals surface area contributed by atoms with E-state index >= 15 is 0 Å². The topological polar surface area (TPSA) is 88.9 Å². The van der Waals surface area contributed by atoms with Crippen molar-refractivity contribution in [2.45, 2.75) is 6.92 Å². The monoisotopic (exact) mass is 413 g/mol. The molecule has 0 spiro atoms. The Kier molecular flexibility index (Phi) is 5.43. The third-order valence-corrected chi connectivity index (χ3v) is 4.21. The highest BCUT2D eigenvalue weighted by Gasteiger charge is 2.16. The minimum Gasteiger partial charge on any atom is -0.343 e. The number of benzene rings is 1. The van der Waals surface area contributed by atoms with Crippen LogP contribution in [-0.4, -0.2) is 33.1 Å². The van der Waals surface area contributed by atoms with Crippen molar-refractivity contribution in [2.24, 2.45) is 0 Å². The molecule has 8 heteroatoms. The van der Waals surface area contributed by atoms with E-state index in [1.54, 1.807) is 29.9 Å². The van der Waals surface area contributed by atoms with E-state index in [2.05, 4.69) is 36.6 Å². The molecule has 0 aliphatic carbocycles. The molecule has 2 amide bonds. The highest BCUT2D eigenvalue weighted by atomic mass is 79.9. The largest absolute Gasteiger partial charge is 0.343 e. The first-order valence-corrected chi connectivity index (χ1v) is 8.62. The summed E-state index contributed by atoms with van der Waals surface area (Å²) < 4.78 is 2.64. The molecule has 3 aromatic rings. The van der Waals surface area contributed by atoms with Crippen molar-refractivity contribution in [1.82, 2.24) is 20.1 Å². The number of carbonyl (C=O) groups excluding carboxylic acids is 2. The molecule has 0 unspecified atom stereocenters. The molecule has 0 fully saturated rings. The molecular weight excluding hydrogens is 398 g/mol. The van der Waals surface area contributed by atoms with Gasteiger partial charge in [0.15, 0.2) is 0 Å². The molecule has 1 aromatic carbocycles. The molecule has 7 nitrogen and oxygen atoms in total. The zero-order valence-corrected chi connectivity index (χ0v) is 15.5. The summed E-state index contributed by atoms with van der Waals surface area (Å²) in [5.41, 5.74) is 2.53. The number of carbonyl (C=O) groups is 2. The van der Waals surface area contributed by atoms with Crippen LogP contribution in [0.1, 0.15) is 16.1 Å². The Labute approximate surface area is 158 Å². The van der Waals surface area contributed by atoms with Crippen LogP contribution in [0.3, 0.4) is 0 Å². The Hall–Kier alpha value is -3.00. The van der Waals surface area contributed by atoms with Crippen molar-refractivity contribution in [1.29, 1.82) is 0 Å². The first-order chi connectivity index (χ1) is 12.5. The van der Waals surface area contributed by atoms with Gasteiger partial charge in [-0.15, -0.1) is 0 Å². The molecule has 0 aliphatic rings. The summed E-state index contributed by atoms with van der Waals surface area (Å²) in [6.45, 7) is 1.66. The van der Waals surface area contributed by atoms with Crippen LogP contribution in [0.25, 0.3) is 5.69 Å². The lowest BCUT2D eigenvalue weighted by Crippen LogP contribution is -2.33. The van der Waals surface area contributed by atoms with Crippen LogP contribution in [0.2, 0.25) is 0 Å². The van der Waals surface area contributed by atoms with Gasteiger partial charge in [-0.3, -0.25) is 14.6 Å². The Morgan fingerprint density at radius 1 is 1.15 bits per heavy atom. The quantitative estimate of drug-likeness (QED) is 0.672. The van der Waals surface area contributed by atoms with Crippen LogP contribution < -0.4 is 10.6 Å². The normalized spacial score (nSPS) is 10.4. The molecular formula is C18H16BrN5O2. The third kappa shape index (κ3) is 4.15. The van der Waals surface area contributed by atoms with Crippen LogP contribution in [-0.2, 0) is 4.79 Å². The average molecular weight is 414 g/mol. The third-order valence-electron chi connectivity index (χ3n) is 3.68. The smallest absolute Gasteiger partial charge is 0.255 e. The summed E-state index contributed by atoms with van der Waals surface area (Å²) in [6, 6.07) is 11.0. The molecule has 0 atom stereocenters. The molecule has 2 N–H and O–H groups in total. The predicted octanol–water partition coefficient (Wildman–Crippen LogP) is 2.71. The van der Waals surface area contributed by atoms with Gasteiger partial charge in [0.05, 0.1) is 41.6 Å². The molecule has 2 aromatic heterocycles. The van der Waals surface area contributed by atoms with Gasteiger partial charge >= 0.3 is 0 Å². The number of hydrogen-bond acceptors (Lipinski definition) is 4. The Balaban J connectivity index is 1.63. The van der Waals surface area contributed by atoms with Gasteiger partial charge in [-0.05, 0) is 43.3 Å². The number of anilines is 1. The summed E-state index contributed by atoms with van der Waals surface area (Å²) in [4.78, 5) is 28.2. The number of pyridine rings is 1. The minimum absolute atomic E-state index is 0.142. The zero-order chi connectivity index (χ0) is 18.5. The van der Waals surface area contributed by atoms with Gasteiger partial charge in [-0.2, -0.15) is 5.10 Å². The van der Waals surface area contributed by atoms with E-state index in [9.17, 15) is 9.59 Å². The second-order valence-electron chi connectivity index (χ2n) is 5.50. The van der Waals surface area contributed by atoms with E-state index in [4.69, 9.17) is 0 Å². The van der Waals surface area contributed by atoms with Crippen molar-refractivity contribution in [2.75, 3.05) is 11.9 Å². The van der Waals surface area contributed by atoms with E-state index in [0.717, 1.165) is 10.2 Å². The number of nitrogens with one attached hydrogen (secondary N) is 2. The molecule has 2 heterocycles. The zero-order valence-electron chi connectivity index (χ0n) is 13.9. The maximum absolute atomic E-state index is 12.4. The predicted molar refractivity (Wildman–Crippen MR) is 101 cm³/mol. The van der Waals surface area contributed by atoms with Gasteiger partial charge in [0.25, 0.3) is 5.91 Å². The number of hydrogen-bond donors (Lipinski definition) is 2. The van der Waals surface area contributed by atoms with Crippen molar-refractivity contribution < 1.29 is 9.59 Å². The van der Waals surface area contributed by atoms with Crippen LogP contribution in [0.15, 0.2) is 59.5 Å². The summed E-state index contributed by atoms with van der Waals surface area (Å²) in [5, 5.41) is 9.52. The van der Waals surface area contributed by atoms with Gasteiger partial charge < -0.3 is 10.6 Å². The van der Waals surface area contributed by atoms with Crippen molar-refractivity contribution in [3.63, 3.8) is 0 Å². The van der Waals surface area contributed by atoms with Crippen LogP contribution in [0.5, 0.6) is 0 Å². The number of aromatic nitrogens is 3. The fourth-order valence-electron chi connectivity index (χ4n) is 2.37. The second kappa shape index (κ2) is 7.92. The lowest BCUT2D eigenvalue weighted by molar-refractivity contribution is -0.115. The first-order valence-electron chi connectivity index (χ1n) is 7.83. The molecule has 0 aliphatic heterocycles. The standard InChI is InChI=1S/C18H16BrN5O2/c1-12-16(10-22-24(12)15-6-4-13(19)5-7-15)18(26)21-11-17(25)23-14-3-2-8-20-9-14/h2-10H,11H2,1H3,(H,21,26)(H,23,25). The van der Waals surface area contributed by atoms with Crippen molar-refractivity contribution >= 4 is 33.4 Å². The van der Waals surface area contributed by atoms with Gasteiger partial charge in [0.2, 0.25) is 5.91 Å². The molecule has 0 saturated carbocycles. The fraction of sp³-hybridized carbons (Fsp3) is 0.111. The lowest BCUT2D eigenvalue weighted by atomic mass is 10.2. The molecule has 0 saturated heterocycles. The highest BCUT2D eigenvalue weighted by molar-refractivity contribution is 9.10. The Morgan fingerprint density at radius 3 is 2.62 bits per heavy atom. The van der Waals surface area contributed by atoms with E-state index in [1.807, 2.05) is 24.3 Å². The van der Waals surface area contributed by atoms with Crippen molar-refractivity contribution in [3.8, 4) is 5.69 Å². The Bertz CT molecular complexity index is 923. The van der Waals surface area contributed by atoms with Crippen LogP contribution in [0.4, 0.5) is 5.69 Å². The molecule has 0 radical (unpaired) electrons. The number of nitrogens with zero attached hydrogens (tertiary/aromatic N) is 3. The molecule has 26 heavy (non-hydrogen) atoms. The average Bonchev–Trinajstić information content (AvgIpc) is 3.03. The van der Waals surface area contributed by atoms with E-state index in [-0.39, 0.29) is 18.4 Å². The number of halogens is 1. The van der Waals surface area contributed by atoms with Crippen LogP contribution in [0, 0.1) is 6.92 Å². The van der Waals surface area contributed by atoms with E-state index in [1.165, 1.54) is 12.4 Å². The van der Waals surface area contributed by atoms with Gasteiger partial charge in [0, 0.05) is 10.7 Å².